The van der Waals surface area contributed by atoms with E-state index in [4.69, 9.17) is 0 Å². The van der Waals surface area contributed by atoms with Crippen molar-refractivity contribution in [2.24, 2.45) is 0 Å². The van der Waals surface area contributed by atoms with Crippen molar-refractivity contribution in [3.63, 3.8) is 0 Å². The van der Waals surface area contributed by atoms with Gasteiger partial charge in [0.05, 0.1) is 11.0 Å². The van der Waals surface area contributed by atoms with Gasteiger partial charge < -0.3 is 5.32 Å². The first kappa shape index (κ1) is 16.4. The third-order valence-corrected chi connectivity index (χ3v) is 3.57. The first-order chi connectivity index (χ1) is 9.36. The minimum atomic E-state index is -1.36. The number of nitrogens with zero attached hydrogens (tertiary/aromatic N) is 1. The van der Waals surface area contributed by atoms with Crippen molar-refractivity contribution >= 4 is 23.4 Å². The molecule has 1 atom stereocenters. The Morgan fingerprint density at radius 1 is 1.45 bits per heavy atom. The monoisotopic (exact) mass is 304 g/mol. The first-order valence-electron chi connectivity index (χ1n) is 5.88. The number of carbonyl (C=O) groups is 1. The van der Waals surface area contributed by atoms with Gasteiger partial charge in [-0.2, -0.15) is 11.8 Å². The summed E-state index contributed by atoms with van der Waals surface area (Å²) in [6.45, 7) is 3.69. The minimum Gasteiger partial charge on any atom is -0.349 e. The molecule has 0 aromatic heterocycles. The molecule has 5 nitrogen and oxygen atoms in total. The molecule has 110 valence electrons. The van der Waals surface area contributed by atoms with Crippen LogP contribution in [0.4, 0.5) is 14.5 Å². The summed E-state index contributed by atoms with van der Waals surface area (Å²) < 4.78 is 26.1. The largest absolute Gasteiger partial charge is 0.349 e. The van der Waals surface area contributed by atoms with Gasteiger partial charge in [-0.15, -0.1) is 0 Å². The number of amides is 1. The quantitative estimate of drug-likeness (QED) is 0.648. The molecule has 1 aromatic carbocycles. The molecular weight excluding hydrogens is 290 g/mol. The molecule has 1 amide bonds. The van der Waals surface area contributed by atoms with Crippen LogP contribution in [-0.4, -0.2) is 28.4 Å². The van der Waals surface area contributed by atoms with Gasteiger partial charge in [-0.3, -0.25) is 14.9 Å². The summed E-state index contributed by atoms with van der Waals surface area (Å²) in [5, 5.41) is 13.3. The molecule has 0 saturated heterocycles. The van der Waals surface area contributed by atoms with Crippen LogP contribution in [0.1, 0.15) is 24.2 Å². The second-order valence-electron chi connectivity index (χ2n) is 4.07. The molecule has 8 heteroatoms. The van der Waals surface area contributed by atoms with Crippen LogP contribution in [0.3, 0.4) is 0 Å². The molecule has 0 aliphatic carbocycles. The maximum absolute atomic E-state index is 13.1. The Balaban J connectivity index is 2.97. The van der Waals surface area contributed by atoms with Gasteiger partial charge in [0.2, 0.25) is 0 Å². The van der Waals surface area contributed by atoms with Gasteiger partial charge in [0.15, 0.2) is 11.6 Å². The molecule has 0 fully saturated rings. The highest BCUT2D eigenvalue weighted by molar-refractivity contribution is 7.99. The summed E-state index contributed by atoms with van der Waals surface area (Å²) in [7, 11) is 0. The predicted molar refractivity (Wildman–Crippen MR) is 72.9 cm³/mol. The van der Waals surface area contributed by atoms with E-state index >= 15 is 0 Å². The molecule has 0 aliphatic heterocycles. The van der Waals surface area contributed by atoms with E-state index in [0.717, 1.165) is 5.75 Å². The van der Waals surface area contributed by atoms with E-state index in [0.29, 0.717) is 17.9 Å². The Morgan fingerprint density at radius 2 is 2.05 bits per heavy atom. The maximum atomic E-state index is 13.1. The Hall–Kier alpha value is -1.70. The van der Waals surface area contributed by atoms with Gasteiger partial charge in [-0.25, -0.2) is 8.78 Å². The van der Waals surface area contributed by atoms with Crippen molar-refractivity contribution in [3.05, 3.63) is 39.4 Å². The van der Waals surface area contributed by atoms with E-state index < -0.39 is 33.7 Å². The number of rotatable bonds is 6. The molecule has 1 N–H and O–H groups in total. The fourth-order valence-electron chi connectivity index (χ4n) is 1.51. The molecule has 1 rings (SSSR count). The van der Waals surface area contributed by atoms with E-state index in [9.17, 15) is 23.7 Å². The number of nitrogens with one attached hydrogen (secondary N) is 1. The van der Waals surface area contributed by atoms with Crippen LogP contribution in [0.15, 0.2) is 12.1 Å². The lowest BCUT2D eigenvalue weighted by atomic mass is 10.1. The fourth-order valence-corrected chi connectivity index (χ4v) is 2.18. The summed E-state index contributed by atoms with van der Waals surface area (Å²) in [6.07, 6.45) is 0. The van der Waals surface area contributed by atoms with Gasteiger partial charge in [-0.05, 0) is 18.7 Å². The zero-order valence-electron chi connectivity index (χ0n) is 11.0. The van der Waals surface area contributed by atoms with E-state index in [1.807, 2.05) is 6.92 Å². The first-order valence-corrected chi connectivity index (χ1v) is 7.04. The van der Waals surface area contributed by atoms with Crippen molar-refractivity contribution in [2.75, 3.05) is 11.5 Å². The Kier molecular flexibility index (Phi) is 5.87. The number of thioether (sulfide) groups is 1. The van der Waals surface area contributed by atoms with Crippen LogP contribution in [0.5, 0.6) is 0 Å². The molecule has 20 heavy (non-hydrogen) atoms. The van der Waals surface area contributed by atoms with Crippen molar-refractivity contribution in [3.8, 4) is 0 Å². The second kappa shape index (κ2) is 7.18. The van der Waals surface area contributed by atoms with Gasteiger partial charge in [-0.1, -0.05) is 6.92 Å². The lowest BCUT2D eigenvalue weighted by Gasteiger charge is -2.13. The van der Waals surface area contributed by atoms with Crippen LogP contribution in [0.25, 0.3) is 0 Å². The number of nitro benzene ring substituents is 1. The minimum absolute atomic E-state index is 0.236. The molecule has 0 bridgehead atoms. The molecule has 0 radical (unpaired) electrons. The summed E-state index contributed by atoms with van der Waals surface area (Å²) in [5.41, 5.74) is -1.24. The fraction of sp³-hybridized carbons (Fsp3) is 0.417. The number of hydrogen-bond acceptors (Lipinski definition) is 4. The Morgan fingerprint density at radius 3 is 2.60 bits per heavy atom. The normalized spacial score (nSPS) is 12.0. The van der Waals surface area contributed by atoms with Gasteiger partial charge in [0.25, 0.3) is 11.6 Å². The Bertz CT molecular complexity index is 526. The van der Waals surface area contributed by atoms with E-state index in [2.05, 4.69) is 5.32 Å². The molecular formula is C12H14F2N2O3S. The average Bonchev–Trinajstić information content (AvgIpc) is 2.38. The molecule has 1 aromatic rings. The average molecular weight is 304 g/mol. The van der Waals surface area contributed by atoms with E-state index in [1.165, 1.54) is 0 Å². The third kappa shape index (κ3) is 4.16. The van der Waals surface area contributed by atoms with Crippen LogP contribution in [0.2, 0.25) is 0 Å². The third-order valence-electron chi connectivity index (χ3n) is 2.43. The van der Waals surface area contributed by atoms with Crippen molar-refractivity contribution < 1.29 is 18.5 Å². The second-order valence-corrected chi connectivity index (χ2v) is 5.39. The van der Waals surface area contributed by atoms with Gasteiger partial charge in [0, 0.05) is 11.8 Å². The standard InChI is InChI=1S/C12H14F2N2O3S/c1-3-20-6-7(2)15-12(17)8-4-9(13)10(14)5-11(8)16(18)19/h4-5,7H,3,6H2,1-2H3,(H,15,17). The van der Waals surface area contributed by atoms with Gasteiger partial charge >= 0.3 is 0 Å². The predicted octanol–water partition coefficient (Wildman–Crippen LogP) is 2.74. The van der Waals surface area contributed by atoms with E-state index in [1.54, 1.807) is 18.7 Å². The maximum Gasteiger partial charge on any atom is 0.285 e. The zero-order chi connectivity index (χ0) is 15.3. The van der Waals surface area contributed by atoms with E-state index in [-0.39, 0.29) is 6.04 Å². The lowest BCUT2D eigenvalue weighted by Crippen LogP contribution is -2.34. The molecule has 0 aliphatic rings. The molecule has 0 heterocycles. The summed E-state index contributed by atoms with van der Waals surface area (Å²) in [5.74, 6) is -1.95. The molecule has 0 saturated carbocycles. The number of benzene rings is 1. The number of hydrogen-bond donors (Lipinski definition) is 1. The topological polar surface area (TPSA) is 72.2 Å². The highest BCUT2D eigenvalue weighted by atomic mass is 32.2. The Labute approximate surface area is 118 Å². The highest BCUT2D eigenvalue weighted by Crippen LogP contribution is 2.22. The number of nitro groups is 1. The number of carbonyl (C=O) groups excluding carboxylic acids is 1. The van der Waals surface area contributed by atoms with Crippen LogP contribution >= 0.6 is 11.8 Å². The summed E-state index contributed by atoms with van der Waals surface area (Å²) in [6, 6.07) is 0.721. The summed E-state index contributed by atoms with van der Waals surface area (Å²) in [4.78, 5) is 21.8. The number of halogens is 2. The van der Waals surface area contributed by atoms with Crippen molar-refractivity contribution in [2.45, 2.75) is 19.9 Å². The van der Waals surface area contributed by atoms with Crippen molar-refractivity contribution in [1.82, 2.24) is 5.32 Å². The van der Waals surface area contributed by atoms with Crippen LogP contribution in [0, 0.1) is 21.7 Å². The van der Waals surface area contributed by atoms with Crippen LogP contribution < -0.4 is 5.32 Å². The SMILES string of the molecule is CCSCC(C)NC(=O)c1cc(F)c(F)cc1[N+](=O)[O-]. The molecule has 1 unspecified atom stereocenters. The van der Waals surface area contributed by atoms with Crippen molar-refractivity contribution in [1.29, 1.82) is 0 Å². The lowest BCUT2D eigenvalue weighted by molar-refractivity contribution is -0.385. The smallest absolute Gasteiger partial charge is 0.285 e. The molecule has 0 spiro atoms. The zero-order valence-corrected chi connectivity index (χ0v) is 11.8. The van der Waals surface area contributed by atoms with Crippen LogP contribution in [-0.2, 0) is 0 Å². The highest BCUT2D eigenvalue weighted by Gasteiger charge is 2.24. The van der Waals surface area contributed by atoms with Gasteiger partial charge in [0.1, 0.15) is 5.56 Å². The summed E-state index contributed by atoms with van der Waals surface area (Å²) >= 11 is 1.59.